The van der Waals surface area contributed by atoms with Gasteiger partial charge in [0, 0.05) is 15.6 Å². The van der Waals surface area contributed by atoms with Crippen molar-refractivity contribution in [3.63, 3.8) is 0 Å². The van der Waals surface area contributed by atoms with Crippen molar-refractivity contribution in [1.29, 1.82) is 5.26 Å². The lowest BCUT2D eigenvalue weighted by molar-refractivity contribution is -0.0500. The molecule has 0 radical (unpaired) electrons. The number of benzene rings is 2. The Bertz CT molecular complexity index is 683. The molecule has 0 aliphatic carbocycles. The topological polar surface area (TPSA) is 33.0 Å². The second kappa shape index (κ2) is 6.08. The number of ether oxygens (including phenoxy) is 1. The van der Waals surface area contributed by atoms with E-state index in [4.69, 9.17) is 28.5 Å². The van der Waals surface area contributed by atoms with Crippen molar-refractivity contribution in [3.05, 3.63) is 52.0 Å². The van der Waals surface area contributed by atoms with Crippen LogP contribution in [-0.2, 0) is 0 Å². The van der Waals surface area contributed by atoms with Crippen LogP contribution in [0, 0.1) is 11.3 Å². The summed E-state index contributed by atoms with van der Waals surface area (Å²) in [6.45, 7) is -3.01. The van der Waals surface area contributed by atoms with E-state index in [-0.39, 0.29) is 11.3 Å². The highest BCUT2D eigenvalue weighted by atomic mass is 35.5. The first-order valence-corrected chi connectivity index (χ1v) is 6.21. The van der Waals surface area contributed by atoms with Crippen LogP contribution in [-0.4, -0.2) is 6.61 Å². The van der Waals surface area contributed by atoms with E-state index in [2.05, 4.69) is 4.74 Å². The second-order valence-electron chi connectivity index (χ2n) is 3.83. The van der Waals surface area contributed by atoms with Crippen LogP contribution in [0.15, 0.2) is 36.4 Å². The normalized spacial score (nSPS) is 10.4. The smallest absolute Gasteiger partial charge is 0.387 e. The minimum Gasteiger partial charge on any atom is -0.433 e. The Morgan fingerprint density at radius 3 is 2.50 bits per heavy atom. The third-order valence-corrected chi connectivity index (χ3v) is 3.12. The van der Waals surface area contributed by atoms with E-state index in [0.717, 1.165) is 0 Å². The molecule has 0 atom stereocenters. The lowest BCUT2D eigenvalue weighted by Gasteiger charge is -2.10. The molecule has 0 fully saturated rings. The van der Waals surface area contributed by atoms with Gasteiger partial charge in [0.25, 0.3) is 0 Å². The van der Waals surface area contributed by atoms with E-state index in [1.54, 1.807) is 30.3 Å². The molecule has 6 heteroatoms. The van der Waals surface area contributed by atoms with Crippen LogP contribution in [0.25, 0.3) is 11.1 Å². The highest BCUT2D eigenvalue weighted by molar-refractivity contribution is 6.35. The summed E-state index contributed by atoms with van der Waals surface area (Å²) in [5.41, 5.74) is 1.13. The molecule has 0 heterocycles. The standard InChI is InChI=1S/C14H7Cl2F2NO/c15-10-3-4-12(16)11(6-10)8-1-2-9(7-19)13(5-8)20-14(17)18/h1-6,14H. The average Bonchev–Trinajstić information content (AvgIpc) is 2.41. The molecule has 2 rings (SSSR count). The number of nitriles is 1. The largest absolute Gasteiger partial charge is 0.433 e. The van der Waals surface area contributed by atoms with Crippen LogP contribution in [0.4, 0.5) is 8.78 Å². The fourth-order valence-electron chi connectivity index (χ4n) is 1.69. The summed E-state index contributed by atoms with van der Waals surface area (Å²) in [5, 5.41) is 9.75. The quantitative estimate of drug-likeness (QED) is 0.786. The summed E-state index contributed by atoms with van der Waals surface area (Å²) in [6, 6.07) is 10.9. The van der Waals surface area contributed by atoms with Crippen molar-refractivity contribution < 1.29 is 13.5 Å². The molecule has 0 saturated carbocycles. The van der Waals surface area contributed by atoms with Crippen LogP contribution < -0.4 is 4.74 Å². The van der Waals surface area contributed by atoms with Crippen LogP contribution in [0.3, 0.4) is 0 Å². The SMILES string of the molecule is N#Cc1ccc(-c2cc(Cl)ccc2Cl)cc1OC(F)F. The van der Waals surface area contributed by atoms with Crippen LogP contribution in [0.2, 0.25) is 10.0 Å². The first-order valence-electron chi connectivity index (χ1n) is 5.45. The zero-order chi connectivity index (χ0) is 14.7. The summed E-state index contributed by atoms with van der Waals surface area (Å²) in [7, 11) is 0. The molecule has 0 aromatic heterocycles. The minimum atomic E-state index is -3.01. The van der Waals surface area contributed by atoms with E-state index in [0.29, 0.717) is 21.2 Å². The van der Waals surface area contributed by atoms with Gasteiger partial charge in [-0.05, 0) is 35.9 Å². The molecule has 2 aromatic rings. The van der Waals surface area contributed by atoms with Gasteiger partial charge in [-0.2, -0.15) is 14.0 Å². The summed E-state index contributed by atoms with van der Waals surface area (Å²) in [5.74, 6) is -0.198. The van der Waals surface area contributed by atoms with Crippen LogP contribution in [0.5, 0.6) is 5.75 Å². The second-order valence-corrected chi connectivity index (χ2v) is 4.67. The van der Waals surface area contributed by atoms with Gasteiger partial charge >= 0.3 is 6.61 Å². The lowest BCUT2D eigenvalue weighted by Crippen LogP contribution is -2.03. The van der Waals surface area contributed by atoms with Crippen molar-refractivity contribution in [3.8, 4) is 22.9 Å². The fourth-order valence-corrected chi connectivity index (χ4v) is 2.09. The minimum absolute atomic E-state index is 0.0206. The van der Waals surface area contributed by atoms with Crippen LogP contribution >= 0.6 is 23.2 Å². The van der Waals surface area contributed by atoms with Gasteiger partial charge in [0.05, 0.1) is 5.56 Å². The monoisotopic (exact) mass is 313 g/mol. The van der Waals surface area contributed by atoms with Crippen molar-refractivity contribution in [1.82, 2.24) is 0 Å². The zero-order valence-electron chi connectivity index (χ0n) is 9.91. The van der Waals surface area contributed by atoms with Gasteiger partial charge in [0.2, 0.25) is 0 Å². The molecule has 0 aliphatic rings. The summed E-state index contributed by atoms with van der Waals surface area (Å²) in [4.78, 5) is 0. The van der Waals surface area contributed by atoms with Crippen molar-refractivity contribution >= 4 is 23.2 Å². The molecule has 20 heavy (non-hydrogen) atoms. The summed E-state index contributed by atoms with van der Waals surface area (Å²) < 4.78 is 29.0. The number of hydrogen-bond acceptors (Lipinski definition) is 2. The molecule has 0 N–H and O–H groups in total. The third kappa shape index (κ3) is 3.19. The van der Waals surface area contributed by atoms with Crippen LogP contribution in [0.1, 0.15) is 5.56 Å². The zero-order valence-corrected chi connectivity index (χ0v) is 11.4. The first kappa shape index (κ1) is 14.6. The maximum absolute atomic E-state index is 12.3. The molecule has 0 saturated heterocycles. The van der Waals surface area contributed by atoms with Gasteiger partial charge < -0.3 is 4.74 Å². The third-order valence-electron chi connectivity index (χ3n) is 2.56. The number of alkyl halides is 2. The Morgan fingerprint density at radius 1 is 1.10 bits per heavy atom. The highest BCUT2D eigenvalue weighted by Crippen LogP contribution is 2.34. The summed E-state index contributed by atoms with van der Waals surface area (Å²) >= 11 is 11.9. The van der Waals surface area contributed by atoms with Gasteiger partial charge in [-0.1, -0.05) is 29.3 Å². The van der Waals surface area contributed by atoms with E-state index in [1.165, 1.54) is 12.1 Å². The highest BCUT2D eigenvalue weighted by Gasteiger charge is 2.13. The average molecular weight is 314 g/mol. The van der Waals surface area contributed by atoms with E-state index in [1.807, 2.05) is 0 Å². The number of hydrogen-bond donors (Lipinski definition) is 0. The molecular weight excluding hydrogens is 307 g/mol. The Hall–Kier alpha value is -1.83. The maximum Gasteiger partial charge on any atom is 0.387 e. The Labute approximate surface area is 124 Å². The van der Waals surface area contributed by atoms with Crippen molar-refractivity contribution in [2.45, 2.75) is 6.61 Å². The van der Waals surface area contributed by atoms with E-state index >= 15 is 0 Å². The van der Waals surface area contributed by atoms with Gasteiger partial charge in [-0.3, -0.25) is 0 Å². The molecule has 0 unspecified atom stereocenters. The number of rotatable bonds is 3. The Balaban J connectivity index is 2.53. The van der Waals surface area contributed by atoms with Gasteiger partial charge in [-0.25, -0.2) is 0 Å². The number of halogens is 4. The molecule has 0 amide bonds. The van der Waals surface area contributed by atoms with Gasteiger partial charge in [0.1, 0.15) is 11.8 Å². The molecule has 0 bridgehead atoms. The first-order chi connectivity index (χ1) is 9.51. The number of nitrogens with zero attached hydrogens (tertiary/aromatic N) is 1. The lowest BCUT2D eigenvalue weighted by atomic mass is 10.0. The fraction of sp³-hybridized carbons (Fsp3) is 0.0714. The maximum atomic E-state index is 12.3. The Kier molecular flexibility index (Phi) is 4.43. The molecule has 2 aromatic carbocycles. The molecule has 0 spiro atoms. The molecular formula is C14H7Cl2F2NO. The molecule has 0 aliphatic heterocycles. The van der Waals surface area contributed by atoms with Gasteiger partial charge in [-0.15, -0.1) is 0 Å². The van der Waals surface area contributed by atoms with Crippen molar-refractivity contribution in [2.24, 2.45) is 0 Å². The van der Waals surface area contributed by atoms with Crippen molar-refractivity contribution in [2.75, 3.05) is 0 Å². The predicted molar refractivity (Wildman–Crippen MR) is 73.2 cm³/mol. The Morgan fingerprint density at radius 2 is 1.85 bits per heavy atom. The van der Waals surface area contributed by atoms with Gasteiger partial charge in [0.15, 0.2) is 0 Å². The summed E-state index contributed by atoms with van der Waals surface area (Å²) in [6.07, 6.45) is 0. The molecule has 102 valence electrons. The van der Waals surface area contributed by atoms with E-state index in [9.17, 15) is 8.78 Å². The van der Waals surface area contributed by atoms with E-state index < -0.39 is 6.61 Å². The molecule has 2 nitrogen and oxygen atoms in total. The predicted octanol–water partition coefficient (Wildman–Crippen LogP) is 5.13.